The van der Waals surface area contributed by atoms with Gasteiger partial charge in [0, 0.05) is 6.42 Å². The molecular formula is C19H18N4O5S. The fraction of sp³-hybridized carbons (Fsp3) is 0.211. The minimum atomic E-state index is -0.667. The molecule has 150 valence electrons. The molecule has 1 heterocycles. The number of nitro benzene ring substituents is 1. The first-order valence-corrected chi connectivity index (χ1v) is 9.66. The summed E-state index contributed by atoms with van der Waals surface area (Å²) < 4.78 is 5.25. The van der Waals surface area contributed by atoms with Gasteiger partial charge in [-0.1, -0.05) is 30.0 Å². The van der Waals surface area contributed by atoms with Crippen LogP contribution in [0.15, 0.2) is 53.5 Å². The standard InChI is InChI=1S/C19H18N4O5S/c1-2-28-13-8-9-14(15(10-13)23(26)27)21-17(24)11-16-18(25)22-19(29-16)20-12-6-4-3-5-7-12/h3-10,16H,2,11H2,1H3,(H,21,24)(H,20,22,25). The summed E-state index contributed by atoms with van der Waals surface area (Å²) in [4.78, 5) is 39.5. The Balaban J connectivity index is 1.66. The van der Waals surface area contributed by atoms with Crippen molar-refractivity contribution in [3.8, 4) is 5.75 Å². The van der Waals surface area contributed by atoms with Crippen LogP contribution in [0.3, 0.4) is 0 Å². The number of nitrogens with zero attached hydrogens (tertiary/aromatic N) is 2. The molecular weight excluding hydrogens is 396 g/mol. The van der Waals surface area contributed by atoms with Crippen LogP contribution < -0.4 is 15.4 Å². The molecule has 1 aliphatic heterocycles. The Morgan fingerprint density at radius 1 is 1.31 bits per heavy atom. The third-order valence-electron chi connectivity index (χ3n) is 3.89. The van der Waals surface area contributed by atoms with Crippen LogP contribution >= 0.6 is 11.8 Å². The van der Waals surface area contributed by atoms with E-state index >= 15 is 0 Å². The molecule has 0 aliphatic carbocycles. The maximum absolute atomic E-state index is 12.4. The monoisotopic (exact) mass is 414 g/mol. The number of carbonyl (C=O) groups is 2. The Hall–Kier alpha value is -3.40. The van der Waals surface area contributed by atoms with Crippen molar-refractivity contribution in [2.45, 2.75) is 18.6 Å². The Morgan fingerprint density at radius 3 is 2.76 bits per heavy atom. The Labute approximate surface area is 170 Å². The zero-order valence-electron chi connectivity index (χ0n) is 15.5. The van der Waals surface area contributed by atoms with Gasteiger partial charge in [0.1, 0.15) is 16.7 Å². The quantitative estimate of drug-likeness (QED) is 0.530. The predicted molar refractivity (Wildman–Crippen MR) is 111 cm³/mol. The number of ether oxygens (including phenoxy) is 1. The van der Waals surface area contributed by atoms with Gasteiger partial charge in [0.25, 0.3) is 5.69 Å². The number of hydrogen-bond donors (Lipinski definition) is 2. The maximum Gasteiger partial charge on any atom is 0.296 e. The van der Waals surface area contributed by atoms with E-state index in [0.29, 0.717) is 23.2 Å². The lowest BCUT2D eigenvalue weighted by Gasteiger charge is -2.09. The summed E-state index contributed by atoms with van der Waals surface area (Å²) in [6.45, 7) is 2.13. The SMILES string of the molecule is CCOc1ccc(NC(=O)CC2SC(=Nc3ccccc3)NC2=O)c([N+](=O)[O-])c1. The van der Waals surface area contributed by atoms with Crippen molar-refractivity contribution in [1.29, 1.82) is 0 Å². The van der Waals surface area contributed by atoms with Crippen molar-refractivity contribution in [3.63, 3.8) is 0 Å². The van der Waals surface area contributed by atoms with E-state index in [-0.39, 0.29) is 23.7 Å². The number of benzene rings is 2. The van der Waals surface area contributed by atoms with E-state index in [0.717, 1.165) is 11.8 Å². The number of thioether (sulfide) groups is 1. The van der Waals surface area contributed by atoms with Crippen LogP contribution in [-0.4, -0.2) is 33.8 Å². The highest BCUT2D eigenvalue weighted by Gasteiger charge is 2.32. The number of rotatable bonds is 7. The fourth-order valence-corrected chi connectivity index (χ4v) is 3.59. The fourth-order valence-electron chi connectivity index (χ4n) is 2.61. The third kappa shape index (κ3) is 5.32. The molecule has 0 aromatic heterocycles. The molecule has 1 fully saturated rings. The second kappa shape index (κ2) is 9.20. The number of carbonyl (C=O) groups excluding carboxylic acids is 2. The highest BCUT2D eigenvalue weighted by atomic mass is 32.2. The summed E-state index contributed by atoms with van der Waals surface area (Å²) in [6, 6.07) is 13.3. The van der Waals surface area contributed by atoms with Crippen LogP contribution in [0.1, 0.15) is 13.3 Å². The Morgan fingerprint density at radius 2 is 2.07 bits per heavy atom. The van der Waals surface area contributed by atoms with E-state index in [1.807, 2.05) is 18.2 Å². The van der Waals surface area contributed by atoms with Crippen molar-refractivity contribution in [3.05, 3.63) is 58.6 Å². The summed E-state index contributed by atoms with van der Waals surface area (Å²) >= 11 is 1.15. The van der Waals surface area contributed by atoms with E-state index in [1.165, 1.54) is 18.2 Å². The van der Waals surface area contributed by atoms with Crippen LogP contribution in [0.5, 0.6) is 5.75 Å². The molecule has 9 nitrogen and oxygen atoms in total. The second-order valence-electron chi connectivity index (χ2n) is 5.97. The first-order chi connectivity index (χ1) is 14.0. The van der Waals surface area contributed by atoms with Crippen LogP contribution in [0.25, 0.3) is 0 Å². The van der Waals surface area contributed by atoms with Gasteiger partial charge in [-0.25, -0.2) is 4.99 Å². The van der Waals surface area contributed by atoms with Crippen molar-refractivity contribution >= 4 is 45.8 Å². The third-order valence-corrected chi connectivity index (χ3v) is 4.97. The maximum atomic E-state index is 12.4. The predicted octanol–water partition coefficient (Wildman–Crippen LogP) is 3.24. The number of nitro groups is 1. The molecule has 10 heteroatoms. The molecule has 3 rings (SSSR count). The Kier molecular flexibility index (Phi) is 6.45. The molecule has 2 N–H and O–H groups in total. The van der Waals surface area contributed by atoms with Crippen LogP contribution in [0.2, 0.25) is 0 Å². The second-order valence-corrected chi connectivity index (χ2v) is 7.16. The molecule has 0 bridgehead atoms. The van der Waals surface area contributed by atoms with Gasteiger partial charge in [0.15, 0.2) is 5.17 Å². The van der Waals surface area contributed by atoms with Gasteiger partial charge in [-0.15, -0.1) is 0 Å². The van der Waals surface area contributed by atoms with E-state index < -0.39 is 16.1 Å². The molecule has 29 heavy (non-hydrogen) atoms. The smallest absolute Gasteiger partial charge is 0.296 e. The summed E-state index contributed by atoms with van der Waals surface area (Å²) in [5.41, 5.74) is 0.453. The number of aliphatic imine (C=N–C) groups is 1. The summed E-state index contributed by atoms with van der Waals surface area (Å²) in [5, 5.41) is 16.2. The topological polar surface area (TPSA) is 123 Å². The van der Waals surface area contributed by atoms with Gasteiger partial charge in [0.05, 0.1) is 23.3 Å². The highest BCUT2D eigenvalue weighted by molar-refractivity contribution is 8.15. The molecule has 1 aliphatic rings. The summed E-state index contributed by atoms with van der Waals surface area (Å²) in [7, 11) is 0. The highest BCUT2D eigenvalue weighted by Crippen LogP contribution is 2.30. The van der Waals surface area contributed by atoms with Crippen molar-refractivity contribution in [2.75, 3.05) is 11.9 Å². The molecule has 0 radical (unpaired) electrons. The van der Waals surface area contributed by atoms with Gasteiger partial charge in [-0.2, -0.15) is 0 Å². The first kappa shape index (κ1) is 20.3. The number of para-hydroxylation sites is 1. The molecule has 2 amide bonds. The minimum absolute atomic E-state index is 0.0463. The van der Waals surface area contributed by atoms with E-state index in [1.54, 1.807) is 19.1 Å². The normalized spacial score (nSPS) is 17.1. The summed E-state index contributed by atoms with van der Waals surface area (Å²) in [5.74, 6) is -0.503. The molecule has 1 unspecified atom stereocenters. The van der Waals surface area contributed by atoms with Crippen LogP contribution in [-0.2, 0) is 9.59 Å². The number of anilines is 1. The van der Waals surface area contributed by atoms with Gasteiger partial charge in [-0.3, -0.25) is 19.7 Å². The van der Waals surface area contributed by atoms with Gasteiger partial charge in [0.2, 0.25) is 11.8 Å². The molecule has 2 aromatic rings. The number of nitrogens with one attached hydrogen (secondary N) is 2. The first-order valence-electron chi connectivity index (χ1n) is 8.78. The van der Waals surface area contributed by atoms with Crippen LogP contribution in [0.4, 0.5) is 17.1 Å². The van der Waals surface area contributed by atoms with Crippen molar-refractivity contribution < 1.29 is 19.2 Å². The van der Waals surface area contributed by atoms with E-state index in [2.05, 4.69) is 15.6 Å². The largest absolute Gasteiger partial charge is 0.494 e. The molecule has 1 saturated heterocycles. The van der Waals surface area contributed by atoms with Crippen molar-refractivity contribution in [2.24, 2.45) is 4.99 Å². The average Bonchev–Trinajstić information content (AvgIpc) is 3.02. The zero-order chi connectivity index (χ0) is 20.8. The molecule has 2 aromatic carbocycles. The van der Waals surface area contributed by atoms with E-state index in [9.17, 15) is 19.7 Å². The Bertz CT molecular complexity index is 964. The zero-order valence-corrected chi connectivity index (χ0v) is 16.3. The van der Waals surface area contributed by atoms with Gasteiger partial charge >= 0.3 is 0 Å². The number of amides is 2. The lowest BCUT2D eigenvalue weighted by Crippen LogP contribution is -2.28. The van der Waals surface area contributed by atoms with Gasteiger partial charge in [-0.05, 0) is 31.2 Å². The van der Waals surface area contributed by atoms with Gasteiger partial charge < -0.3 is 15.4 Å². The molecule has 0 spiro atoms. The number of hydrogen-bond acceptors (Lipinski definition) is 7. The number of amidine groups is 1. The lowest BCUT2D eigenvalue weighted by molar-refractivity contribution is -0.384. The average molecular weight is 414 g/mol. The van der Waals surface area contributed by atoms with Crippen molar-refractivity contribution in [1.82, 2.24) is 5.32 Å². The van der Waals surface area contributed by atoms with E-state index in [4.69, 9.17) is 4.74 Å². The molecule has 1 atom stereocenters. The minimum Gasteiger partial charge on any atom is -0.494 e. The van der Waals surface area contributed by atoms with Crippen LogP contribution in [0, 0.1) is 10.1 Å². The summed E-state index contributed by atoms with van der Waals surface area (Å²) in [6.07, 6.45) is -0.144. The lowest BCUT2D eigenvalue weighted by atomic mass is 10.2. The molecule has 0 saturated carbocycles.